The number of amides is 1. The fourth-order valence-electron chi connectivity index (χ4n) is 2.85. The Morgan fingerprint density at radius 2 is 1.56 bits per heavy atom. The van der Waals surface area contributed by atoms with Crippen LogP contribution >= 0.6 is 0 Å². The number of hydrogen-bond donors (Lipinski definition) is 1. The van der Waals surface area contributed by atoms with Crippen LogP contribution in [0.2, 0.25) is 0 Å². The summed E-state index contributed by atoms with van der Waals surface area (Å²) in [7, 11) is 2.90. The van der Waals surface area contributed by atoms with Crippen molar-refractivity contribution in [2.75, 3.05) is 19.7 Å². The summed E-state index contributed by atoms with van der Waals surface area (Å²) < 4.78 is 10.3. The van der Waals surface area contributed by atoms with E-state index in [0.717, 1.165) is 12.1 Å². The van der Waals surface area contributed by atoms with Gasteiger partial charge in [0.25, 0.3) is 11.4 Å². The largest absolute Gasteiger partial charge is 0.493 e. The van der Waals surface area contributed by atoms with Gasteiger partial charge in [-0.05, 0) is 48.5 Å². The molecule has 0 atom stereocenters. The molecule has 3 aromatic carbocycles. The van der Waals surface area contributed by atoms with Gasteiger partial charge < -0.3 is 14.3 Å². The van der Waals surface area contributed by atoms with E-state index in [1.807, 2.05) is 0 Å². The van der Waals surface area contributed by atoms with E-state index in [1.54, 1.807) is 6.07 Å². The molecule has 0 unspecified atom stereocenters. The van der Waals surface area contributed by atoms with E-state index in [4.69, 9.17) is 14.3 Å². The van der Waals surface area contributed by atoms with Crippen LogP contribution in [-0.2, 0) is 4.84 Å². The first-order valence-corrected chi connectivity index (χ1v) is 9.91. The highest BCUT2D eigenvalue weighted by Crippen LogP contribution is 2.28. The Morgan fingerprint density at radius 3 is 2.17 bits per heavy atom. The summed E-state index contributed by atoms with van der Waals surface area (Å²) in [5, 5.41) is 29.1. The van der Waals surface area contributed by atoms with Gasteiger partial charge in [-0.15, -0.1) is 10.2 Å². The van der Waals surface area contributed by atoms with E-state index in [0.29, 0.717) is 23.3 Å². The lowest BCUT2D eigenvalue weighted by Gasteiger charge is -2.10. The number of hydrogen-bond acceptors (Lipinski definition) is 11. The number of nitro benzene ring substituents is 2. The Labute approximate surface area is 202 Å². The number of benzene rings is 3. The van der Waals surface area contributed by atoms with Crippen LogP contribution in [0.5, 0.6) is 11.5 Å². The first kappa shape index (κ1) is 25.2. The Kier molecular flexibility index (Phi) is 7.81. The molecule has 0 aliphatic heterocycles. The SMILES string of the molecule is COc1ccc(C(=O)ONc2ccc(N=NC(=O)c3ccc([N+](=O)[O-])cc3[N+](=O)[O-])cc2)cc1OC. The van der Waals surface area contributed by atoms with E-state index < -0.39 is 38.7 Å². The average molecular weight is 495 g/mol. The van der Waals surface area contributed by atoms with Crippen molar-refractivity contribution in [3.63, 3.8) is 0 Å². The minimum Gasteiger partial charge on any atom is -0.493 e. The number of nitrogens with one attached hydrogen (secondary N) is 1. The van der Waals surface area contributed by atoms with Gasteiger partial charge in [-0.1, -0.05) is 0 Å². The number of nitro groups is 2. The molecule has 1 N–H and O–H groups in total. The maximum atomic E-state index is 12.3. The van der Waals surface area contributed by atoms with Crippen molar-refractivity contribution >= 4 is 34.6 Å². The molecule has 184 valence electrons. The van der Waals surface area contributed by atoms with Crippen molar-refractivity contribution < 1.29 is 33.7 Å². The molecule has 0 aliphatic rings. The van der Waals surface area contributed by atoms with Crippen molar-refractivity contribution in [2.24, 2.45) is 10.2 Å². The topological polar surface area (TPSA) is 185 Å². The number of carbonyl (C=O) groups excluding carboxylic acids is 2. The van der Waals surface area contributed by atoms with Gasteiger partial charge in [-0.25, -0.2) is 10.3 Å². The van der Waals surface area contributed by atoms with Gasteiger partial charge >= 0.3 is 11.9 Å². The van der Waals surface area contributed by atoms with Gasteiger partial charge in [0, 0.05) is 6.07 Å². The minimum absolute atomic E-state index is 0.212. The first-order valence-electron chi connectivity index (χ1n) is 9.91. The molecule has 36 heavy (non-hydrogen) atoms. The van der Waals surface area contributed by atoms with Crippen LogP contribution < -0.4 is 15.0 Å². The molecule has 0 saturated carbocycles. The standard InChI is InChI=1S/C22H17N5O9/c1-34-19-10-3-13(11-20(19)35-2)22(29)36-25-15-6-4-14(5-7-15)23-24-21(28)17-9-8-16(26(30)31)12-18(17)27(32)33/h3-12,25H,1-2H3. The van der Waals surface area contributed by atoms with Crippen LogP contribution in [0, 0.1) is 20.2 Å². The molecule has 0 bridgehead atoms. The van der Waals surface area contributed by atoms with E-state index in [-0.39, 0.29) is 11.3 Å². The quantitative estimate of drug-likeness (QED) is 0.249. The van der Waals surface area contributed by atoms with Crippen LogP contribution in [-0.4, -0.2) is 35.9 Å². The highest BCUT2D eigenvalue weighted by atomic mass is 16.7. The zero-order valence-corrected chi connectivity index (χ0v) is 18.7. The molecule has 1 amide bonds. The second-order valence-electron chi connectivity index (χ2n) is 6.83. The van der Waals surface area contributed by atoms with Crippen molar-refractivity contribution in [3.8, 4) is 11.5 Å². The molecular weight excluding hydrogens is 478 g/mol. The van der Waals surface area contributed by atoms with E-state index in [2.05, 4.69) is 15.7 Å². The fourth-order valence-corrected chi connectivity index (χ4v) is 2.85. The van der Waals surface area contributed by atoms with Crippen molar-refractivity contribution in [1.29, 1.82) is 0 Å². The maximum absolute atomic E-state index is 12.3. The summed E-state index contributed by atoms with van der Waals surface area (Å²) in [5.41, 5.74) is 1.52. The summed E-state index contributed by atoms with van der Waals surface area (Å²) in [6.07, 6.45) is 0. The number of nitrogens with zero attached hydrogens (tertiary/aromatic N) is 4. The summed E-state index contributed by atoms with van der Waals surface area (Å²) in [6, 6.07) is 12.9. The van der Waals surface area contributed by atoms with E-state index in [1.165, 1.54) is 50.6 Å². The molecular formula is C22H17N5O9. The highest BCUT2D eigenvalue weighted by molar-refractivity contribution is 5.99. The molecule has 0 aromatic heterocycles. The number of rotatable bonds is 9. The lowest BCUT2D eigenvalue weighted by atomic mass is 10.1. The molecule has 0 saturated heterocycles. The molecule has 14 nitrogen and oxygen atoms in total. The smallest absolute Gasteiger partial charge is 0.362 e. The molecule has 0 aliphatic carbocycles. The fraction of sp³-hybridized carbons (Fsp3) is 0.0909. The van der Waals surface area contributed by atoms with Gasteiger partial charge in [0.15, 0.2) is 11.5 Å². The highest BCUT2D eigenvalue weighted by Gasteiger charge is 2.24. The number of azo groups is 1. The Hall–Kier alpha value is -5.40. The van der Waals surface area contributed by atoms with Crippen LogP contribution in [0.4, 0.5) is 22.7 Å². The number of ether oxygens (including phenoxy) is 2. The Morgan fingerprint density at radius 1 is 0.861 bits per heavy atom. The third-order valence-corrected chi connectivity index (χ3v) is 4.62. The summed E-state index contributed by atoms with van der Waals surface area (Å²) >= 11 is 0. The summed E-state index contributed by atoms with van der Waals surface area (Å²) in [6.45, 7) is 0. The zero-order chi connectivity index (χ0) is 26.2. The van der Waals surface area contributed by atoms with Crippen LogP contribution in [0.3, 0.4) is 0 Å². The number of carbonyl (C=O) groups is 2. The maximum Gasteiger partial charge on any atom is 0.362 e. The molecule has 3 aromatic rings. The lowest BCUT2D eigenvalue weighted by Crippen LogP contribution is -2.11. The second kappa shape index (κ2) is 11.1. The third-order valence-electron chi connectivity index (χ3n) is 4.62. The molecule has 0 fully saturated rings. The molecule has 0 heterocycles. The van der Waals surface area contributed by atoms with Gasteiger partial charge in [0.2, 0.25) is 0 Å². The summed E-state index contributed by atoms with van der Waals surface area (Å²) in [5.74, 6) is -0.929. The molecule has 0 radical (unpaired) electrons. The predicted molar refractivity (Wildman–Crippen MR) is 124 cm³/mol. The minimum atomic E-state index is -1.05. The normalized spacial score (nSPS) is 10.5. The van der Waals surface area contributed by atoms with Gasteiger partial charge in [-0.3, -0.25) is 25.0 Å². The van der Waals surface area contributed by atoms with Gasteiger partial charge in [-0.2, -0.15) is 0 Å². The summed E-state index contributed by atoms with van der Waals surface area (Å²) in [4.78, 5) is 49.8. The number of methoxy groups -OCH3 is 2. The molecule has 0 spiro atoms. The van der Waals surface area contributed by atoms with Crippen LogP contribution in [0.25, 0.3) is 0 Å². The predicted octanol–water partition coefficient (Wildman–Crippen LogP) is 4.63. The van der Waals surface area contributed by atoms with Gasteiger partial charge in [0.05, 0.1) is 47.1 Å². The zero-order valence-electron chi connectivity index (χ0n) is 18.7. The van der Waals surface area contributed by atoms with Crippen LogP contribution in [0.1, 0.15) is 20.7 Å². The number of anilines is 1. The molecule has 14 heteroatoms. The van der Waals surface area contributed by atoms with Crippen molar-refractivity contribution in [1.82, 2.24) is 0 Å². The average Bonchev–Trinajstić information content (AvgIpc) is 2.89. The van der Waals surface area contributed by atoms with Crippen molar-refractivity contribution in [2.45, 2.75) is 0 Å². The van der Waals surface area contributed by atoms with E-state index in [9.17, 15) is 29.8 Å². The third kappa shape index (κ3) is 5.93. The number of non-ortho nitro benzene ring substituents is 1. The monoisotopic (exact) mass is 495 g/mol. The lowest BCUT2D eigenvalue weighted by molar-refractivity contribution is -0.394. The van der Waals surface area contributed by atoms with E-state index >= 15 is 0 Å². The van der Waals surface area contributed by atoms with Crippen LogP contribution in [0.15, 0.2) is 70.9 Å². The Balaban J connectivity index is 1.64. The Bertz CT molecular complexity index is 1360. The van der Waals surface area contributed by atoms with Crippen molar-refractivity contribution in [3.05, 3.63) is 92.0 Å². The second-order valence-corrected chi connectivity index (χ2v) is 6.83. The molecule has 3 rings (SSSR count). The first-order chi connectivity index (χ1) is 17.2. The van der Waals surface area contributed by atoms with Gasteiger partial charge in [0.1, 0.15) is 5.56 Å².